The largest absolute Gasteiger partial charge is 0.404 e. The fraction of sp³-hybridized carbons (Fsp3) is 0.0769. The van der Waals surface area contributed by atoms with Crippen molar-refractivity contribution in [2.24, 2.45) is 10.7 Å². The van der Waals surface area contributed by atoms with Crippen molar-refractivity contribution >= 4 is 39.3 Å². The molecule has 0 aliphatic heterocycles. The first-order valence-corrected chi connectivity index (χ1v) is 8.58. The average Bonchev–Trinajstić information content (AvgIpc) is 3.12. The number of benzene rings is 1. The number of rotatable bonds is 4. The first-order valence-electron chi connectivity index (χ1n) is 6.55. The molecule has 24 heavy (non-hydrogen) atoms. The van der Waals surface area contributed by atoms with Gasteiger partial charge in [-0.2, -0.15) is 5.10 Å². The summed E-state index contributed by atoms with van der Waals surface area (Å²) < 4.78 is 12.4. The molecule has 11 heteroatoms. The van der Waals surface area contributed by atoms with Gasteiger partial charge in [0, 0.05) is 23.8 Å². The number of hydrogen-bond donors (Lipinski definition) is 4. The molecule has 2 rings (SSSR count). The van der Waals surface area contributed by atoms with Gasteiger partial charge in [0.25, 0.3) is 5.91 Å². The van der Waals surface area contributed by atoms with Gasteiger partial charge in [-0.3, -0.25) is 14.9 Å². The molecule has 0 saturated carbocycles. The molecular formula is C13H15N7O2S2. The van der Waals surface area contributed by atoms with Crippen LogP contribution in [0.1, 0.15) is 10.4 Å². The zero-order valence-corrected chi connectivity index (χ0v) is 14.2. The number of nitrogens with one attached hydrogen (secondary N) is 2. The van der Waals surface area contributed by atoms with Crippen molar-refractivity contribution in [3.63, 3.8) is 0 Å². The van der Waals surface area contributed by atoms with Gasteiger partial charge in [-0.05, 0) is 23.6 Å². The number of nitrogens with zero attached hydrogens (tertiary/aromatic N) is 3. The molecule has 0 aliphatic carbocycles. The average molecular weight is 365 g/mol. The molecule has 0 radical (unpaired) electrons. The number of hydrogen-bond acceptors (Lipinski definition) is 8. The SMILES string of the molecule is CN=C(NC(=O)c1cc(S(=O)c2ncn[nH]2)ccc1N)S/C=C/N. The highest BCUT2D eigenvalue weighted by molar-refractivity contribution is 8.16. The molecule has 6 N–H and O–H groups in total. The molecule has 126 valence electrons. The highest BCUT2D eigenvalue weighted by Gasteiger charge is 2.17. The number of H-pyrrole nitrogens is 1. The van der Waals surface area contributed by atoms with Gasteiger partial charge in [0.05, 0.1) is 5.56 Å². The minimum Gasteiger partial charge on any atom is -0.404 e. The van der Waals surface area contributed by atoms with E-state index in [1.54, 1.807) is 11.5 Å². The second-order valence-corrected chi connectivity index (χ2v) is 6.53. The van der Waals surface area contributed by atoms with E-state index < -0.39 is 16.7 Å². The maximum absolute atomic E-state index is 12.4. The van der Waals surface area contributed by atoms with E-state index >= 15 is 0 Å². The third-order valence-corrected chi connectivity index (χ3v) is 4.76. The van der Waals surface area contributed by atoms with E-state index in [1.165, 1.54) is 31.7 Å². The number of anilines is 1. The van der Waals surface area contributed by atoms with Gasteiger partial charge in [-0.1, -0.05) is 11.8 Å². The number of thioether (sulfide) groups is 1. The number of aromatic nitrogens is 3. The minimum absolute atomic E-state index is 0.179. The summed E-state index contributed by atoms with van der Waals surface area (Å²) in [7, 11) is -0.0645. The molecule has 1 unspecified atom stereocenters. The van der Waals surface area contributed by atoms with Crippen molar-refractivity contribution in [3.8, 4) is 0 Å². The molecule has 1 amide bonds. The summed E-state index contributed by atoms with van der Waals surface area (Å²) >= 11 is 1.15. The third-order valence-electron chi connectivity index (χ3n) is 2.73. The van der Waals surface area contributed by atoms with Gasteiger partial charge in [0.1, 0.15) is 17.1 Å². The highest BCUT2D eigenvalue weighted by Crippen LogP contribution is 2.19. The number of amidine groups is 1. The van der Waals surface area contributed by atoms with Crippen LogP contribution in [0.15, 0.2) is 51.2 Å². The monoisotopic (exact) mass is 365 g/mol. The van der Waals surface area contributed by atoms with E-state index in [0.29, 0.717) is 10.1 Å². The molecule has 1 aromatic heterocycles. The maximum Gasteiger partial charge on any atom is 0.259 e. The molecule has 1 heterocycles. The zero-order valence-electron chi connectivity index (χ0n) is 12.6. The maximum atomic E-state index is 12.4. The Morgan fingerprint density at radius 2 is 2.29 bits per heavy atom. The van der Waals surface area contributed by atoms with Crippen molar-refractivity contribution in [2.45, 2.75) is 10.1 Å². The van der Waals surface area contributed by atoms with E-state index in [4.69, 9.17) is 11.5 Å². The predicted octanol–water partition coefficient (Wildman–Crippen LogP) is 0.432. The highest BCUT2D eigenvalue weighted by atomic mass is 32.2. The van der Waals surface area contributed by atoms with Gasteiger partial charge in [0.15, 0.2) is 5.17 Å². The van der Waals surface area contributed by atoms with E-state index in [0.717, 1.165) is 11.8 Å². The van der Waals surface area contributed by atoms with E-state index in [9.17, 15) is 9.00 Å². The molecule has 2 aromatic rings. The fourth-order valence-corrected chi connectivity index (χ4v) is 3.03. The molecular weight excluding hydrogens is 350 g/mol. The Balaban J connectivity index is 2.25. The van der Waals surface area contributed by atoms with E-state index in [2.05, 4.69) is 25.5 Å². The van der Waals surface area contributed by atoms with Crippen LogP contribution in [0, 0.1) is 0 Å². The van der Waals surface area contributed by atoms with Gasteiger partial charge in [-0.15, -0.1) is 0 Å². The topological polar surface area (TPSA) is 152 Å². The fourth-order valence-electron chi connectivity index (χ4n) is 1.65. The standard InChI is InChI=1S/C13H15N7O2S2/c1-16-12(23-5-4-14)19-11(21)9-6-8(2-3-10(9)15)24(22)13-17-7-18-20-13/h2-7H,14-15H2,1H3,(H,16,19,21)(H,17,18,20)/b5-4+. The molecule has 0 bridgehead atoms. The lowest BCUT2D eigenvalue weighted by Gasteiger charge is -2.09. The van der Waals surface area contributed by atoms with Crippen molar-refractivity contribution in [1.29, 1.82) is 0 Å². The van der Waals surface area contributed by atoms with Gasteiger partial charge < -0.3 is 16.8 Å². The number of aromatic amines is 1. The summed E-state index contributed by atoms with van der Waals surface area (Å²) in [5.74, 6) is -0.470. The Kier molecular flexibility index (Phi) is 6.09. The van der Waals surface area contributed by atoms with Gasteiger partial charge in [0.2, 0.25) is 5.16 Å². The predicted molar refractivity (Wildman–Crippen MR) is 93.7 cm³/mol. The molecule has 0 spiro atoms. The molecule has 9 nitrogen and oxygen atoms in total. The second kappa shape index (κ2) is 8.26. The van der Waals surface area contributed by atoms with Crippen molar-refractivity contribution in [3.05, 3.63) is 41.7 Å². The summed E-state index contributed by atoms with van der Waals surface area (Å²) in [6.45, 7) is 0. The quantitative estimate of drug-likeness (QED) is 0.348. The Hall–Kier alpha value is -2.66. The van der Waals surface area contributed by atoms with Crippen LogP contribution in [0.3, 0.4) is 0 Å². The normalized spacial score (nSPS) is 13.1. The van der Waals surface area contributed by atoms with Crippen LogP contribution >= 0.6 is 11.8 Å². The molecule has 0 fully saturated rings. The number of nitrogens with two attached hydrogens (primary N) is 2. The molecule has 0 aliphatic rings. The summed E-state index contributed by atoms with van der Waals surface area (Å²) in [5, 5.41) is 10.9. The number of aliphatic imine (C=N–C) groups is 1. The number of carbonyl (C=O) groups is 1. The van der Waals surface area contributed by atoms with Crippen LogP contribution in [0.25, 0.3) is 0 Å². The lowest BCUT2D eigenvalue weighted by atomic mass is 10.1. The van der Waals surface area contributed by atoms with Crippen LogP contribution < -0.4 is 16.8 Å². The van der Waals surface area contributed by atoms with Crippen LogP contribution in [-0.2, 0) is 10.8 Å². The Morgan fingerprint density at radius 1 is 1.50 bits per heavy atom. The third kappa shape index (κ3) is 4.20. The van der Waals surface area contributed by atoms with Gasteiger partial charge in [-0.25, -0.2) is 9.19 Å². The minimum atomic E-state index is -1.60. The van der Waals surface area contributed by atoms with Crippen LogP contribution in [0.5, 0.6) is 0 Å². The van der Waals surface area contributed by atoms with Crippen molar-refractivity contribution in [2.75, 3.05) is 12.8 Å². The molecule has 1 aromatic carbocycles. The van der Waals surface area contributed by atoms with Crippen molar-refractivity contribution < 1.29 is 9.00 Å². The Morgan fingerprint density at radius 3 is 2.92 bits per heavy atom. The van der Waals surface area contributed by atoms with Crippen LogP contribution in [-0.4, -0.2) is 37.5 Å². The van der Waals surface area contributed by atoms with Gasteiger partial charge >= 0.3 is 0 Å². The summed E-state index contributed by atoms with van der Waals surface area (Å²) in [6.07, 6.45) is 2.59. The smallest absolute Gasteiger partial charge is 0.259 e. The Bertz CT molecular complexity index is 803. The first kappa shape index (κ1) is 17.7. The summed E-state index contributed by atoms with van der Waals surface area (Å²) in [4.78, 5) is 20.5. The lowest BCUT2D eigenvalue weighted by Crippen LogP contribution is -2.28. The molecule has 1 atom stereocenters. The number of amides is 1. The summed E-state index contributed by atoms with van der Waals surface area (Å²) in [6, 6.07) is 4.51. The van der Waals surface area contributed by atoms with E-state index in [1.807, 2.05) is 0 Å². The first-order chi connectivity index (χ1) is 11.6. The molecule has 0 saturated heterocycles. The zero-order chi connectivity index (χ0) is 17.5. The second-order valence-electron chi connectivity index (χ2n) is 4.24. The number of carbonyl (C=O) groups excluding carboxylic acids is 1. The van der Waals surface area contributed by atoms with E-state index in [-0.39, 0.29) is 16.4 Å². The van der Waals surface area contributed by atoms with Crippen LogP contribution in [0.2, 0.25) is 0 Å². The van der Waals surface area contributed by atoms with Crippen LogP contribution in [0.4, 0.5) is 5.69 Å². The lowest BCUT2D eigenvalue weighted by molar-refractivity contribution is 0.0978. The summed E-state index contributed by atoms with van der Waals surface area (Å²) in [5.41, 5.74) is 11.5. The number of nitrogen functional groups attached to an aromatic ring is 1. The van der Waals surface area contributed by atoms with Crippen molar-refractivity contribution in [1.82, 2.24) is 20.5 Å². The Labute approximate surface area is 144 Å².